The zero-order valence-corrected chi connectivity index (χ0v) is 15.8. The third-order valence-corrected chi connectivity index (χ3v) is 5.89. The monoisotopic (exact) mass is 366 g/mol. The Balaban J connectivity index is 1.40. The Kier molecular flexibility index (Phi) is 4.32. The molecule has 1 saturated heterocycles. The van der Waals surface area contributed by atoms with Crippen LogP contribution in [0.25, 0.3) is 17.4 Å². The Morgan fingerprint density at radius 3 is 2.59 bits per heavy atom. The van der Waals surface area contributed by atoms with E-state index in [2.05, 4.69) is 30.9 Å². The van der Waals surface area contributed by atoms with Crippen LogP contribution in [0, 0.1) is 6.92 Å². The predicted molar refractivity (Wildman–Crippen MR) is 104 cm³/mol. The van der Waals surface area contributed by atoms with E-state index in [4.69, 9.17) is 4.42 Å². The fraction of sp³-hybridized carbons (Fsp3) is 0.550. The largest absolute Gasteiger partial charge is 0.461 e. The predicted octanol–water partition coefficient (Wildman–Crippen LogP) is 3.15. The fourth-order valence-corrected chi connectivity index (χ4v) is 4.47. The van der Waals surface area contributed by atoms with Crippen LogP contribution in [0.1, 0.15) is 37.8 Å². The molecule has 0 bridgehead atoms. The molecular weight excluding hydrogens is 340 g/mol. The van der Waals surface area contributed by atoms with E-state index >= 15 is 0 Å². The summed E-state index contributed by atoms with van der Waals surface area (Å²) in [6, 6.07) is 6.64. The first-order chi connectivity index (χ1) is 13.3. The highest BCUT2D eigenvalue weighted by Gasteiger charge is 2.26. The molecule has 142 valence electrons. The number of hydrogen-bond acceptors (Lipinski definition) is 6. The van der Waals surface area contributed by atoms with E-state index in [0.29, 0.717) is 17.4 Å². The van der Waals surface area contributed by atoms with Gasteiger partial charge in [-0.3, -0.25) is 4.90 Å². The van der Waals surface area contributed by atoms with Gasteiger partial charge in [0.2, 0.25) is 5.82 Å². The number of fused-ring (bicyclic) bond motifs is 1. The summed E-state index contributed by atoms with van der Waals surface area (Å²) >= 11 is 0. The summed E-state index contributed by atoms with van der Waals surface area (Å²) in [6.45, 7) is 6.29. The van der Waals surface area contributed by atoms with Gasteiger partial charge in [-0.25, -0.2) is 4.98 Å². The molecule has 2 fully saturated rings. The van der Waals surface area contributed by atoms with E-state index < -0.39 is 0 Å². The summed E-state index contributed by atoms with van der Waals surface area (Å²) in [4.78, 5) is 14.2. The van der Waals surface area contributed by atoms with Gasteiger partial charge in [0.05, 0.1) is 6.26 Å². The van der Waals surface area contributed by atoms with Crippen molar-refractivity contribution in [3.63, 3.8) is 0 Å². The molecule has 3 aromatic heterocycles. The lowest BCUT2D eigenvalue weighted by Gasteiger charge is -2.41. The van der Waals surface area contributed by atoms with Gasteiger partial charge in [-0.15, -0.1) is 5.10 Å². The molecule has 1 aliphatic heterocycles. The number of aromatic nitrogens is 4. The average Bonchev–Trinajstić information content (AvgIpc) is 3.38. The van der Waals surface area contributed by atoms with E-state index in [1.165, 1.54) is 32.1 Å². The molecule has 0 spiro atoms. The second kappa shape index (κ2) is 6.96. The van der Waals surface area contributed by atoms with Crippen molar-refractivity contribution >= 4 is 11.6 Å². The lowest BCUT2D eigenvalue weighted by molar-refractivity contribution is 0.147. The van der Waals surface area contributed by atoms with Gasteiger partial charge in [-0.1, -0.05) is 19.3 Å². The number of nitrogens with zero attached hydrogens (tertiary/aromatic N) is 6. The Hall–Kier alpha value is -2.41. The molecule has 0 N–H and O–H groups in total. The fourth-order valence-electron chi connectivity index (χ4n) is 4.47. The smallest absolute Gasteiger partial charge is 0.254 e. The van der Waals surface area contributed by atoms with Gasteiger partial charge in [0.25, 0.3) is 5.78 Å². The minimum absolute atomic E-state index is 0.584. The maximum absolute atomic E-state index is 5.46. The minimum atomic E-state index is 0.584. The number of piperazine rings is 1. The van der Waals surface area contributed by atoms with Crippen LogP contribution in [-0.4, -0.2) is 56.7 Å². The zero-order valence-electron chi connectivity index (χ0n) is 15.8. The summed E-state index contributed by atoms with van der Waals surface area (Å²) in [6.07, 6.45) is 8.58. The highest BCUT2D eigenvalue weighted by Crippen LogP contribution is 2.26. The standard InChI is InChI=1S/C20H26N6O/c1-15-14-18(25-11-9-24(10-12-25)16-6-3-2-4-7-16)26-20(21-15)22-19(23-26)17-8-5-13-27-17/h5,8,13-14,16H,2-4,6-7,9-12H2,1H3. The number of anilines is 1. The Morgan fingerprint density at radius 1 is 1.04 bits per heavy atom. The quantitative estimate of drug-likeness (QED) is 0.710. The normalized spacial score (nSPS) is 19.8. The molecule has 7 heteroatoms. The van der Waals surface area contributed by atoms with Gasteiger partial charge < -0.3 is 9.32 Å². The van der Waals surface area contributed by atoms with Gasteiger partial charge in [-0.2, -0.15) is 9.50 Å². The van der Waals surface area contributed by atoms with Crippen LogP contribution in [0.4, 0.5) is 5.82 Å². The molecule has 1 aliphatic carbocycles. The molecule has 5 rings (SSSR count). The number of aryl methyl sites for hydroxylation is 1. The maximum atomic E-state index is 5.46. The van der Waals surface area contributed by atoms with E-state index in [0.717, 1.165) is 43.7 Å². The second-order valence-corrected chi connectivity index (χ2v) is 7.70. The minimum Gasteiger partial charge on any atom is -0.461 e. The van der Waals surface area contributed by atoms with Crippen LogP contribution in [0.15, 0.2) is 28.9 Å². The molecule has 0 radical (unpaired) electrons. The zero-order chi connectivity index (χ0) is 18.2. The number of rotatable bonds is 3. The summed E-state index contributed by atoms with van der Waals surface area (Å²) in [5.74, 6) is 2.96. The van der Waals surface area contributed by atoms with Crippen LogP contribution < -0.4 is 4.90 Å². The van der Waals surface area contributed by atoms with Crippen molar-refractivity contribution in [2.45, 2.75) is 45.1 Å². The average molecular weight is 366 g/mol. The van der Waals surface area contributed by atoms with Crippen LogP contribution in [0.5, 0.6) is 0 Å². The topological polar surface area (TPSA) is 62.7 Å². The van der Waals surface area contributed by atoms with Crippen LogP contribution >= 0.6 is 0 Å². The number of hydrogen-bond donors (Lipinski definition) is 0. The van der Waals surface area contributed by atoms with Crippen molar-refractivity contribution in [3.05, 3.63) is 30.2 Å². The molecular formula is C20H26N6O. The molecule has 1 saturated carbocycles. The Bertz CT molecular complexity index is 904. The Labute approximate surface area is 159 Å². The molecule has 2 aliphatic rings. The van der Waals surface area contributed by atoms with Crippen molar-refractivity contribution in [1.29, 1.82) is 0 Å². The van der Waals surface area contributed by atoms with Crippen molar-refractivity contribution in [3.8, 4) is 11.6 Å². The molecule has 27 heavy (non-hydrogen) atoms. The molecule has 7 nitrogen and oxygen atoms in total. The summed E-state index contributed by atoms with van der Waals surface area (Å²) < 4.78 is 7.32. The van der Waals surface area contributed by atoms with Crippen LogP contribution in [0.3, 0.4) is 0 Å². The number of furan rings is 1. The molecule has 3 aromatic rings. The Morgan fingerprint density at radius 2 is 1.85 bits per heavy atom. The summed E-state index contributed by atoms with van der Waals surface area (Å²) in [5.41, 5.74) is 0.964. The van der Waals surface area contributed by atoms with Crippen molar-refractivity contribution in [1.82, 2.24) is 24.5 Å². The third kappa shape index (κ3) is 3.20. The lowest BCUT2D eigenvalue weighted by atomic mass is 9.94. The van der Waals surface area contributed by atoms with Crippen LogP contribution in [-0.2, 0) is 0 Å². The molecule has 0 unspecified atom stereocenters. The van der Waals surface area contributed by atoms with E-state index in [9.17, 15) is 0 Å². The highest BCUT2D eigenvalue weighted by atomic mass is 16.3. The van der Waals surface area contributed by atoms with Crippen molar-refractivity contribution in [2.75, 3.05) is 31.1 Å². The molecule has 4 heterocycles. The third-order valence-electron chi connectivity index (χ3n) is 5.89. The SMILES string of the molecule is Cc1cc(N2CCN(C3CCCCC3)CC2)n2nc(-c3ccco3)nc2n1. The van der Waals surface area contributed by atoms with Gasteiger partial charge >= 0.3 is 0 Å². The lowest BCUT2D eigenvalue weighted by Crippen LogP contribution is -2.51. The van der Waals surface area contributed by atoms with Gasteiger partial charge in [0.1, 0.15) is 5.82 Å². The van der Waals surface area contributed by atoms with E-state index in [-0.39, 0.29) is 0 Å². The maximum Gasteiger partial charge on any atom is 0.254 e. The second-order valence-electron chi connectivity index (χ2n) is 7.70. The van der Waals surface area contributed by atoms with Gasteiger partial charge in [0.15, 0.2) is 5.76 Å². The van der Waals surface area contributed by atoms with Crippen molar-refractivity contribution in [2.24, 2.45) is 0 Å². The molecule has 0 amide bonds. The highest BCUT2D eigenvalue weighted by molar-refractivity contribution is 5.54. The van der Waals surface area contributed by atoms with Gasteiger partial charge in [-0.05, 0) is 31.9 Å². The van der Waals surface area contributed by atoms with Gasteiger partial charge in [0, 0.05) is 44.0 Å². The first kappa shape index (κ1) is 16.7. The molecule has 0 aromatic carbocycles. The van der Waals surface area contributed by atoms with Crippen LogP contribution in [0.2, 0.25) is 0 Å². The summed E-state index contributed by atoms with van der Waals surface area (Å²) in [7, 11) is 0. The van der Waals surface area contributed by atoms with E-state index in [1.54, 1.807) is 6.26 Å². The van der Waals surface area contributed by atoms with E-state index in [1.807, 2.05) is 23.6 Å². The van der Waals surface area contributed by atoms with Crippen molar-refractivity contribution < 1.29 is 4.42 Å². The summed E-state index contributed by atoms with van der Waals surface area (Å²) in [5, 5.41) is 4.67. The molecule has 0 atom stereocenters. The first-order valence-electron chi connectivity index (χ1n) is 10.1. The first-order valence-corrected chi connectivity index (χ1v) is 10.1.